The maximum atomic E-state index is 15.3. The fraction of sp³-hybridized carbons (Fsp3) is 0.500. The molecule has 3 aromatic rings. The number of anilines is 2. The van der Waals surface area contributed by atoms with E-state index in [2.05, 4.69) is 32.5 Å². The number of aromatic nitrogens is 3. The first-order valence-electron chi connectivity index (χ1n) is 12.5. The van der Waals surface area contributed by atoms with Crippen molar-refractivity contribution in [2.24, 2.45) is 5.92 Å². The second kappa shape index (κ2) is 11.0. The maximum Gasteiger partial charge on any atom is 0.223 e. The number of hydrogen-bond donors (Lipinski definition) is 2. The van der Waals surface area contributed by atoms with E-state index in [9.17, 15) is 0 Å². The number of ether oxygens (including phenoxy) is 3. The lowest BCUT2D eigenvalue weighted by Gasteiger charge is -2.23. The van der Waals surface area contributed by atoms with Crippen molar-refractivity contribution < 1.29 is 23.0 Å². The van der Waals surface area contributed by atoms with Crippen molar-refractivity contribution in [2.75, 3.05) is 64.7 Å². The molecule has 5 rings (SSSR count). The number of nitrogens with one attached hydrogen (secondary N) is 2. The Hall–Kier alpha value is -3.31. The normalized spacial score (nSPS) is 20.2. The summed E-state index contributed by atoms with van der Waals surface area (Å²) < 4.78 is 46.5. The predicted molar refractivity (Wildman–Crippen MR) is 137 cm³/mol. The third-order valence-electron chi connectivity index (χ3n) is 6.94. The molecule has 0 amide bonds. The summed E-state index contributed by atoms with van der Waals surface area (Å²) >= 11 is 0. The quantitative estimate of drug-likeness (QED) is 0.464. The molecule has 9 nitrogen and oxygen atoms in total. The van der Waals surface area contributed by atoms with Crippen LogP contribution in [-0.4, -0.2) is 80.0 Å². The van der Waals surface area contributed by atoms with Gasteiger partial charge >= 0.3 is 0 Å². The molecule has 2 aliphatic heterocycles. The Bertz CT molecular complexity index is 1240. The molecule has 2 aliphatic rings. The minimum absolute atomic E-state index is 0.0933. The van der Waals surface area contributed by atoms with Crippen molar-refractivity contribution in [3.8, 4) is 22.8 Å². The molecule has 2 atom stereocenters. The second-order valence-electron chi connectivity index (χ2n) is 9.63. The number of halogens is 2. The van der Waals surface area contributed by atoms with E-state index in [1.807, 2.05) is 0 Å². The van der Waals surface area contributed by atoms with Crippen molar-refractivity contribution in [3.05, 3.63) is 30.0 Å². The van der Waals surface area contributed by atoms with Gasteiger partial charge in [-0.05, 0) is 44.8 Å². The summed E-state index contributed by atoms with van der Waals surface area (Å²) in [5, 5.41) is 7.33. The molecule has 2 saturated heterocycles. The molecular weight excluding hydrogens is 482 g/mol. The smallest absolute Gasteiger partial charge is 0.223 e. The van der Waals surface area contributed by atoms with Crippen molar-refractivity contribution in [1.29, 1.82) is 0 Å². The van der Waals surface area contributed by atoms with Gasteiger partial charge in [-0.3, -0.25) is 0 Å². The zero-order valence-electron chi connectivity index (χ0n) is 21.3. The molecule has 0 radical (unpaired) electrons. The molecule has 198 valence electrons. The van der Waals surface area contributed by atoms with E-state index < -0.39 is 11.6 Å². The van der Waals surface area contributed by atoms with Crippen molar-refractivity contribution in [1.82, 2.24) is 19.9 Å². The van der Waals surface area contributed by atoms with Gasteiger partial charge < -0.3 is 29.7 Å². The molecule has 0 saturated carbocycles. The Morgan fingerprint density at radius 1 is 1.11 bits per heavy atom. The summed E-state index contributed by atoms with van der Waals surface area (Å²) in [5.74, 6) is -0.655. The number of nitrogens with zero attached hydrogens (tertiary/aromatic N) is 4. The Morgan fingerprint density at radius 3 is 2.54 bits per heavy atom. The van der Waals surface area contributed by atoms with Gasteiger partial charge in [0.2, 0.25) is 5.95 Å². The Morgan fingerprint density at radius 2 is 1.89 bits per heavy atom. The monoisotopic (exact) mass is 514 g/mol. The molecule has 0 bridgehead atoms. The molecule has 1 aromatic carbocycles. The average Bonchev–Trinajstić information content (AvgIpc) is 3.33. The van der Waals surface area contributed by atoms with Gasteiger partial charge in [0.15, 0.2) is 29.0 Å². The van der Waals surface area contributed by atoms with E-state index in [0.29, 0.717) is 41.7 Å². The Labute approximate surface area is 214 Å². The molecule has 11 heteroatoms. The fourth-order valence-corrected chi connectivity index (χ4v) is 4.94. The van der Waals surface area contributed by atoms with Gasteiger partial charge in [0.25, 0.3) is 0 Å². The molecule has 0 spiro atoms. The van der Waals surface area contributed by atoms with Crippen LogP contribution in [0, 0.1) is 17.6 Å². The summed E-state index contributed by atoms with van der Waals surface area (Å²) in [4.78, 5) is 16.1. The molecular formula is C26H32F2N6O3. The highest BCUT2D eigenvalue weighted by atomic mass is 19.1. The van der Waals surface area contributed by atoms with E-state index in [1.165, 1.54) is 20.3 Å². The van der Waals surface area contributed by atoms with Crippen LogP contribution in [0.4, 0.5) is 20.5 Å². The van der Waals surface area contributed by atoms with Gasteiger partial charge in [-0.25, -0.2) is 23.7 Å². The number of likely N-dealkylation sites (tertiary alicyclic amines) is 1. The summed E-state index contributed by atoms with van der Waals surface area (Å²) in [5.41, 5.74) is 0.332. The molecule has 2 N–H and O–H groups in total. The van der Waals surface area contributed by atoms with Gasteiger partial charge in [-0.15, -0.1) is 0 Å². The molecule has 4 heterocycles. The lowest BCUT2D eigenvalue weighted by molar-refractivity contribution is 0.0874. The number of pyridine rings is 1. The predicted octanol–water partition coefficient (Wildman–Crippen LogP) is 3.94. The van der Waals surface area contributed by atoms with E-state index in [1.54, 1.807) is 12.3 Å². The highest BCUT2D eigenvalue weighted by molar-refractivity contribution is 5.92. The first-order chi connectivity index (χ1) is 18.0. The SMILES string of the molecule is COc1cc(OC)c(F)c(-c2cc3cnc(NC4CCCOC4)nc3c(NCC3CCN(C)C3)n2)c1F. The van der Waals surface area contributed by atoms with Gasteiger partial charge in [0.05, 0.1) is 38.1 Å². The lowest BCUT2D eigenvalue weighted by Crippen LogP contribution is -2.30. The summed E-state index contributed by atoms with van der Waals surface area (Å²) in [6.07, 6.45) is 4.64. The van der Waals surface area contributed by atoms with Crippen LogP contribution in [-0.2, 0) is 4.74 Å². The highest BCUT2D eigenvalue weighted by Crippen LogP contribution is 2.38. The minimum Gasteiger partial charge on any atom is -0.494 e. The van der Waals surface area contributed by atoms with Crippen LogP contribution in [0.1, 0.15) is 19.3 Å². The lowest BCUT2D eigenvalue weighted by atomic mass is 10.1. The van der Waals surface area contributed by atoms with E-state index >= 15 is 8.78 Å². The van der Waals surface area contributed by atoms with Crippen LogP contribution in [0.15, 0.2) is 18.3 Å². The van der Waals surface area contributed by atoms with Gasteiger partial charge in [0, 0.05) is 37.3 Å². The van der Waals surface area contributed by atoms with Gasteiger partial charge in [-0.1, -0.05) is 0 Å². The number of fused-ring (bicyclic) bond motifs is 1. The summed E-state index contributed by atoms with van der Waals surface area (Å²) in [6, 6.07) is 2.88. The number of benzene rings is 1. The number of hydrogen-bond acceptors (Lipinski definition) is 9. The van der Waals surface area contributed by atoms with E-state index in [0.717, 1.165) is 39.0 Å². The summed E-state index contributed by atoms with van der Waals surface area (Å²) in [6.45, 7) is 4.00. The summed E-state index contributed by atoms with van der Waals surface area (Å²) in [7, 11) is 4.73. The zero-order valence-corrected chi connectivity index (χ0v) is 21.3. The fourth-order valence-electron chi connectivity index (χ4n) is 4.94. The third kappa shape index (κ3) is 5.37. The van der Waals surface area contributed by atoms with Crippen molar-refractivity contribution in [3.63, 3.8) is 0 Å². The highest BCUT2D eigenvalue weighted by Gasteiger charge is 2.25. The maximum absolute atomic E-state index is 15.3. The first-order valence-corrected chi connectivity index (χ1v) is 12.5. The average molecular weight is 515 g/mol. The second-order valence-corrected chi connectivity index (χ2v) is 9.63. The first kappa shape index (κ1) is 25.3. The van der Waals surface area contributed by atoms with Crippen LogP contribution in [0.2, 0.25) is 0 Å². The van der Waals surface area contributed by atoms with Crippen LogP contribution < -0.4 is 20.1 Å². The van der Waals surface area contributed by atoms with Crippen LogP contribution >= 0.6 is 0 Å². The molecule has 37 heavy (non-hydrogen) atoms. The van der Waals surface area contributed by atoms with Crippen molar-refractivity contribution in [2.45, 2.75) is 25.3 Å². The standard InChI is InChI=1S/C26H32F2N6O3/c1-34-7-6-15(13-34)11-29-25-24-16(12-30-26(33-24)31-17-5-4-8-37-14-17)9-18(32-25)21-22(27)19(35-2)10-20(36-3)23(21)28/h9-10,12,15,17H,4-8,11,13-14H2,1-3H3,(H,29,32)(H,30,31,33). The van der Waals surface area contributed by atoms with E-state index in [-0.39, 0.29) is 28.8 Å². The molecule has 2 aromatic heterocycles. The number of rotatable bonds is 8. The van der Waals surface area contributed by atoms with Gasteiger partial charge in [-0.2, -0.15) is 0 Å². The zero-order chi connectivity index (χ0) is 25.9. The minimum atomic E-state index is -0.854. The molecule has 2 fully saturated rings. The van der Waals surface area contributed by atoms with Crippen molar-refractivity contribution >= 4 is 22.7 Å². The van der Waals surface area contributed by atoms with Crippen LogP contribution in [0.25, 0.3) is 22.2 Å². The van der Waals surface area contributed by atoms with Crippen LogP contribution in [0.3, 0.4) is 0 Å². The van der Waals surface area contributed by atoms with Gasteiger partial charge in [0.1, 0.15) is 5.52 Å². The Balaban J connectivity index is 1.57. The van der Waals surface area contributed by atoms with Crippen LogP contribution in [0.5, 0.6) is 11.5 Å². The number of methoxy groups -OCH3 is 2. The van der Waals surface area contributed by atoms with E-state index in [4.69, 9.17) is 19.2 Å². The molecule has 2 unspecified atom stereocenters. The largest absolute Gasteiger partial charge is 0.494 e. The molecule has 0 aliphatic carbocycles. The third-order valence-corrected chi connectivity index (χ3v) is 6.94. The topological polar surface area (TPSA) is 93.7 Å². The Kier molecular flexibility index (Phi) is 7.52.